The SMILES string of the molecule is Oc1c(Cl)cc(Cl)c2ccc(C=CC3=CCN(Cc4cccc(Br)c4)CC3)nc12. The van der Waals surface area contributed by atoms with Gasteiger partial charge in [-0.1, -0.05) is 63.4 Å². The molecule has 2 aromatic carbocycles. The maximum atomic E-state index is 10.2. The molecule has 2 heterocycles. The van der Waals surface area contributed by atoms with Crippen LogP contribution >= 0.6 is 39.1 Å². The lowest BCUT2D eigenvalue weighted by molar-refractivity contribution is 0.287. The number of aromatic hydroxyl groups is 1. The third kappa shape index (κ3) is 4.84. The predicted molar refractivity (Wildman–Crippen MR) is 125 cm³/mol. The topological polar surface area (TPSA) is 36.4 Å². The third-order valence-corrected chi connectivity index (χ3v) is 6.06. The van der Waals surface area contributed by atoms with Crippen molar-refractivity contribution in [1.82, 2.24) is 9.88 Å². The number of phenols is 1. The van der Waals surface area contributed by atoms with Gasteiger partial charge < -0.3 is 5.11 Å². The van der Waals surface area contributed by atoms with Crippen LogP contribution < -0.4 is 0 Å². The van der Waals surface area contributed by atoms with E-state index in [0.29, 0.717) is 15.9 Å². The van der Waals surface area contributed by atoms with Crippen LogP contribution in [0.4, 0.5) is 0 Å². The number of aromatic nitrogens is 1. The predicted octanol–water partition coefficient (Wildman–Crippen LogP) is 6.86. The molecule has 0 fully saturated rings. The van der Waals surface area contributed by atoms with Crippen LogP contribution in [0.25, 0.3) is 17.0 Å². The van der Waals surface area contributed by atoms with Crippen molar-refractivity contribution in [3.05, 3.63) is 86.0 Å². The molecule has 0 radical (unpaired) electrons. The van der Waals surface area contributed by atoms with Crippen molar-refractivity contribution in [1.29, 1.82) is 0 Å². The second kappa shape index (κ2) is 8.88. The van der Waals surface area contributed by atoms with Gasteiger partial charge >= 0.3 is 0 Å². The lowest BCUT2D eigenvalue weighted by atomic mass is 10.1. The molecular weight excluding hydrogens is 471 g/mol. The zero-order valence-corrected chi connectivity index (χ0v) is 18.7. The van der Waals surface area contributed by atoms with Crippen LogP contribution in [0.15, 0.2) is 64.7 Å². The minimum atomic E-state index is -0.0404. The van der Waals surface area contributed by atoms with Crippen LogP contribution in [0, 0.1) is 0 Å². The summed E-state index contributed by atoms with van der Waals surface area (Å²) in [6.07, 6.45) is 7.29. The van der Waals surface area contributed by atoms with E-state index < -0.39 is 0 Å². The quantitative estimate of drug-likeness (QED) is 0.435. The fourth-order valence-corrected chi connectivity index (χ4v) is 4.38. The first-order valence-electron chi connectivity index (χ1n) is 9.31. The van der Waals surface area contributed by atoms with Crippen molar-refractivity contribution in [3.63, 3.8) is 0 Å². The molecule has 1 aliphatic rings. The van der Waals surface area contributed by atoms with Crippen LogP contribution in [0.2, 0.25) is 10.0 Å². The van der Waals surface area contributed by atoms with E-state index in [9.17, 15) is 5.11 Å². The second-order valence-corrected chi connectivity index (χ2v) is 8.78. The molecule has 0 saturated carbocycles. The summed E-state index contributed by atoms with van der Waals surface area (Å²) in [6, 6.07) is 13.7. The number of allylic oxidation sites excluding steroid dienone is 1. The molecule has 1 N–H and O–H groups in total. The van der Waals surface area contributed by atoms with E-state index >= 15 is 0 Å². The lowest BCUT2D eigenvalue weighted by Crippen LogP contribution is -2.28. The summed E-state index contributed by atoms with van der Waals surface area (Å²) in [5.74, 6) is -0.0404. The van der Waals surface area contributed by atoms with Gasteiger partial charge in [-0.05, 0) is 54.0 Å². The van der Waals surface area contributed by atoms with Gasteiger partial charge in [0.2, 0.25) is 0 Å². The number of halogens is 3. The summed E-state index contributed by atoms with van der Waals surface area (Å²) < 4.78 is 1.11. The number of hydrogen-bond donors (Lipinski definition) is 1. The Morgan fingerprint density at radius 3 is 2.72 bits per heavy atom. The molecule has 6 heteroatoms. The highest BCUT2D eigenvalue weighted by atomic mass is 79.9. The van der Waals surface area contributed by atoms with Crippen LogP contribution in [0.5, 0.6) is 5.75 Å². The van der Waals surface area contributed by atoms with Gasteiger partial charge in [-0.25, -0.2) is 4.98 Å². The van der Waals surface area contributed by atoms with Crippen molar-refractivity contribution >= 4 is 56.1 Å². The standard InChI is InChI=1S/C23H19BrCl2N2O/c24-17-3-1-2-16(12-17)14-28-10-8-15(9-11-28)4-5-18-6-7-19-20(25)13-21(26)23(29)22(19)27-18/h1-8,12-13,29H,9-11,14H2. The fraction of sp³-hybridized carbons (Fsp3) is 0.174. The van der Waals surface area contributed by atoms with Gasteiger partial charge in [0.15, 0.2) is 5.75 Å². The highest BCUT2D eigenvalue weighted by Crippen LogP contribution is 2.36. The van der Waals surface area contributed by atoms with E-state index in [1.807, 2.05) is 24.3 Å². The Bertz CT molecular complexity index is 1130. The number of rotatable bonds is 4. The normalized spacial score (nSPS) is 15.2. The largest absolute Gasteiger partial charge is 0.504 e. The smallest absolute Gasteiger partial charge is 0.160 e. The number of nitrogens with zero attached hydrogens (tertiary/aromatic N) is 2. The van der Waals surface area contributed by atoms with Gasteiger partial charge in [0, 0.05) is 29.5 Å². The Kier molecular flexibility index (Phi) is 6.26. The van der Waals surface area contributed by atoms with Crippen molar-refractivity contribution < 1.29 is 5.11 Å². The lowest BCUT2D eigenvalue weighted by Gasteiger charge is -2.25. The summed E-state index contributed by atoms with van der Waals surface area (Å²) in [4.78, 5) is 6.94. The maximum absolute atomic E-state index is 10.2. The molecule has 3 aromatic rings. The van der Waals surface area contributed by atoms with E-state index in [1.54, 1.807) is 0 Å². The molecular formula is C23H19BrCl2N2O. The van der Waals surface area contributed by atoms with E-state index in [-0.39, 0.29) is 10.8 Å². The van der Waals surface area contributed by atoms with Crippen LogP contribution in [0.3, 0.4) is 0 Å². The van der Waals surface area contributed by atoms with Crippen LogP contribution in [0.1, 0.15) is 17.7 Å². The number of benzene rings is 2. The van der Waals surface area contributed by atoms with E-state index in [0.717, 1.165) is 36.2 Å². The van der Waals surface area contributed by atoms with E-state index in [4.69, 9.17) is 23.2 Å². The molecule has 0 unspecified atom stereocenters. The minimum absolute atomic E-state index is 0.0404. The van der Waals surface area contributed by atoms with Crippen molar-refractivity contribution in [2.45, 2.75) is 13.0 Å². The van der Waals surface area contributed by atoms with Crippen LogP contribution in [-0.2, 0) is 6.54 Å². The number of hydrogen-bond acceptors (Lipinski definition) is 3. The summed E-state index contributed by atoms with van der Waals surface area (Å²) in [5.41, 5.74) is 3.76. The Morgan fingerprint density at radius 2 is 1.97 bits per heavy atom. The molecule has 0 saturated heterocycles. The molecule has 148 valence electrons. The Labute approximate surface area is 188 Å². The number of pyridine rings is 1. The second-order valence-electron chi connectivity index (χ2n) is 7.05. The summed E-state index contributed by atoms with van der Waals surface area (Å²) in [5, 5.41) is 11.6. The molecule has 0 atom stereocenters. The van der Waals surface area contributed by atoms with Crippen molar-refractivity contribution in [2.75, 3.05) is 13.1 Å². The average molecular weight is 490 g/mol. The zero-order chi connectivity index (χ0) is 20.4. The zero-order valence-electron chi connectivity index (χ0n) is 15.6. The van der Waals surface area contributed by atoms with Crippen LogP contribution in [-0.4, -0.2) is 28.1 Å². The highest BCUT2D eigenvalue weighted by Gasteiger charge is 2.12. The first-order chi connectivity index (χ1) is 14.0. The van der Waals surface area contributed by atoms with E-state index in [2.05, 4.69) is 56.2 Å². The first-order valence-corrected chi connectivity index (χ1v) is 10.9. The van der Waals surface area contributed by atoms with Gasteiger partial charge in [-0.3, -0.25) is 4.90 Å². The molecule has 0 spiro atoms. The average Bonchev–Trinajstić information content (AvgIpc) is 2.71. The molecule has 4 rings (SSSR count). The molecule has 29 heavy (non-hydrogen) atoms. The third-order valence-electron chi connectivity index (χ3n) is 4.97. The van der Waals surface area contributed by atoms with Gasteiger partial charge in [-0.15, -0.1) is 0 Å². The summed E-state index contributed by atoms with van der Waals surface area (Å²) >= 11 is 15.7. The van der Waals surface area contributed by atoms with Gasteiger partial charge in [-0.2, -0.15) is 0 Å². The van der Waals surface area contributed by atoms with E-state index in [1.165, 1.54) is 17.2 Å². The summed E-state index contributed by atoms with van der Waals surface area (Å²) in [6.45, 7) is 2.88. The molecule has 0 amide bonds. The molecule has 1 aromatic heterocycles. The molecule has 1 aliphatic heterocycles. The Balaban J connectivity index is 1.46. The van der Waals surface area contributed by atoms with Gasteiger partial charge in [0.05, 0.1) is 15.7 Å². The van der Waals surface area contributed by atoms with Crippen molar-refractivity contribution in [2.24, 2.45) is 0 Å². The summed E-state index contributed by atoms with van der Waals surface area (Å²) in [7, 11) is 0. The first kappa shape index (κ1) is 20.4. The van der Waals surface area contributed by atoms with Crippen molar-refractivity contribution in [3.8, 4) is 5.75 Å². The van der Waals surface area contributed by atoms with Gasteiger partial charge in [0.1, 0.15) is 5.52 Å². The van der Waals surface area contributed by atoms with Gasteiger partial charge in [0.25, 0.3) is 0 Å². The number of phenolic OH excluding ortho intramolecular Hbond substituents is 1. The monoisotopic (exact) mass is 488 g/mol. The molecule has 0 aliphatic carbocycles. The Morgan fingerprint density at radius 1 is 1.10 bits per heavy atom. The number of fused-ring (bicyclic) bond motifs is 1. The molecule has 3 nitrogen and oxygen atoms in total. The maximum Gasteiger partial charge on any atom is 0.160 e. The highest BCUT2D eigenvalue weighted by molar-refractivity contribution is 9.10. The molecule has 0 bridgehead atoms. The minimum Gasteiger partial charge on any atom is -0.504 e. The Hall–Kier alpha value is -1.85. The fourth-order valence-electron chi connectivity index (χ4n) is 3.42.